The molecule has 2 nitrogen and oxygen atoms in total. The average Bonchev–Trinajstić information content (AvgIpc) is 2.27. The molecule has 0 amide bonds. The Balaban J connectivity index is 2.85. The fraction of sp³-hybridized carbons (Fsp3) is 0.571. The largest absolute Gasteiger partial charge is 0.496 e. The van der Waals surface area contributed by atoms with Crippen LogP contribution in [0, 0.1) is 5.92 Å². The van der Waals surface area contributed by atoms with Crippen molar-refractivity contribution >= 4 is 15.9 Å². The SMILES string of the molecule is CCC(C)C(C)(N)Cc1ccc(OC)c(Br)c1. The second kappa shape index (κ2) is 5.87. The summed E-state index contributed by atoms with van der Waals surface area (Å²) in [6, 6.07) is 6.15. The molecule has 2 N–H and O–H groups in total. The zero-order valence-corrected chi connectivity index (χ0v) is 12.7. The summed E-state index contributed by atoms with van der Waals surface area (Å²) in [6.07, 6.45) is 1.98. The summed E-state index contributed by atoms with van der Waals surface area (Å²) in [5, 5.41) is 0. The van der Waals surface area contributed by atoms with Gasteiger partial charge in [-0.05, 0) is 52.9 Å². The smallest absolute Gasteiger partial charge is 0.133 e. The van der Waals surface area contributed by atoms with Gasteiger partial charge in [0.25, 0.3) is 0 Å². The molecule has 3 heteroatoms. The van der Waals surface area contributed by atoms with Gasteiger partial charge in [-0.1, -0.05) is 26.3 Å². The van der Waals surface area contributed by atoms with E-state index in [9.17, 15) is 0 Å². The third-order valence-electron chi connectivity index (χ3n) is 3.54. The lowest BCUT2D eigenvalue weighted by Gasteiger charge is -2.31. The van der Waals surface area contributed by atoms with Crippen molar-refractivity contribution in [2.45, 2.75) is 39.2 Å². The molecule has 2 atom stereocenters. The summed E-state index contributed by atoms with van der Waals surface area (Å²) in [4.78, 5) is 0. The maximum atomic E-state index is 6.38. The van der Waals surface area contributed by atoms with Gasteiger partial charge in [0.2, 0.25) is 0 Å². The van der Waals surface area contributed by atoms with Gasteiger partial charge in [-0.2, -0.15) is 0 Å². The van der Waals surface area contributed by atoms with Crippen molar-refractivity contribution < 1.29 is 4.74 Å². The van der Waals surface area contributed by atoms with E-state index in [1.54, 1.807) is 7.11 Å². The van der Waals surface area contributed by atoms with Crippen LogP contribution in [0.1, 0.15) is 32.8 Å². The molecule has 0 bridgehead atoms. The Bertz CT molecular complexity index is 376. The minimum absolute atomic E-state index is 0.164. The summed E-state index contributed by atoms with van der Waals surface area (Å²) in [5.74, 6) is 1.36. The van der Waals surface area contributed by atoms with Crippen molar-refractivity contribution in [3.05, 3.63) is 28.2 Å². The lowest BCUT2D eigenvalue weighted by Crippen LogP contribution is -2.44. The molecule has 96 valence electrons. The van der Waals surface area contributed by atoms with Crippen molar-refractivity contribution in [3.63, 3.8) is 0 Å². The highest BCUT2D eigenvalue weighted by molar-refractivity contribution is 9.10. The van der Waals surface area contributed by atoms with Gasteiger partial charge in [0.1, 0.15) is 5.75 Å². The quantitative estimate of drug-likeness (QED) is 0.898. The Morgan fingerprint density at radius 1 is 1.47 bits per heavy atom. The van der Waals surface area contributed by atoms with Crippen molar-refractivity contribution in [2.24, 2.45) is 11.7 Å². The summed E-state index contributed by atoms with van der Waals surface area (Å²) >= 11 is 3.50. The molecule has 0 saturated heterocycles. The van der Waals surface area contributed by atoms with Crippen LogP contribution in [0.15, 0.2) is 22.7 Å². The summed E-state index contributed by atoms with van der Waals surface area (Å²) in [7, 11) is 1.67. The van der Waals surface area contributed by atoms with E-state index in [2.05, 4.69) is 48.8 Å². The van der Waals surface area contributed by atoms with Gasteiger partial charge in [-0.3, -0.25) is 0 Å². The molecule has 0 radical (unpaired) electrons. The highest BCUT2D eigenvalue weighted by Gasteiger charge is 2.25. The normalized spacial score (nSPS) is 16.4. The Morgan fingerprint density at radius 2 is 2.12 bits per heavy atom. The molecular weight excluding hydrogens is 278 g/mol. The molecule has 0 aliphatic rings. The fourth-order valence-electron chi connectivity index (χ4n) is 1.90. The van der Waals surface area contributed by atoms with Crippen LogP contribution in [-0.2, 0) is 6.42 Å². The average molecular weight is 300 g/mol. The van der Waals surface area contributed by atoms with Gasteiger partial charge in [0.05, 0.1) is 11.6 Å². The molecule has 2 unspecified atom stereocenters. The van der Waals surface area contributed by atoms with E-state index in [0.29, 0.717) is 5.92 Å². The summed E-state index contributed by atoms with van der Waals surface area (Å²) in [6.45, 7) is 6.51. The number of rotatable bonds is 5. The third kappa shape index (κ3) is 3.71. The third-order valence-corrected chi connectivity index (χ3v) is 4.16. The number of halogens is 1. The molecule has 0 heterocycles. The molecule has 1 aromatic carbocycles. The first-order chi connectivity index (χ1) is 7.90. The lowest BCUT2D eigenvalue weighted by atomic mass is 9.81. The van der Waals surface area contributed by atoms with Gasteiger partial charge in [0.15, 0.2) is 0 Å². The summed E-state index contributed by atoms with van der Waals surface area (Å²) < 4.78 is 6.20. The molecular formula is C14H22BrNO. The van der Waals surface area contributed by atoms with Crippen LogP contribution < -0.4 is 10.5 Å². The van der Waals surface area contributed by atoms with E-state index in [1.807, 2.05) is 6.07 Å². The van der Waals surface area contributed by atoms with Crippen LogP contribution in [-0.4, -0.2) is 12.6 Å². The predicted octanol–water partition coefficient (Wildman–Crippen LogP) is 3.76. The molecule has 0 spiro atoms. The topological polar surface area (TPSA) is 35.2 Å². The number of nitrogens with two attached hydrogens (primary N) is 1. The maximum absolute atomic E-state index is 6.38. The van der Waals surface area contributed by atoms with Gasteiger partial charge >= 0.3 is 0 Å². The van der Waals surface area contributed by atoms with Crippen LogP contribution in [0.4, 0.5) is 0 Å². The molecule has 1 rings (SSSR count). The van der Waals surface area contributed by atoms with Crippen LogP contribution in [0.2, 0.25) is 0 Å². The van der Waals surface area contributed by atoms with Gasteiger partial charge < -0.3 is 10.5 Å². The zero-order chi connectivity index (χ0) is 13.1. The van der Waals surface area contributed by atoms with E-state index >= 15 is 0 Å². The van der Waals surface area contributed by atoms with E-state index in [-0.39, 0.29) is 5.54 Å². The fourth-order valence-corrected chi connectivity index (χ4v) is 2.49. The second-order valence-corrected chi connectivity index (χ2v) is 5.82. The Hall–Kier alpha value is -0.540. The minimum atomic E-state index is -0.164. The van der Waals surface area contributed by atoms with Crippen molar-refractivity contribution in [2.75, 3.05) is 7.11 Å². The molecule has 0 aliphatic heterocycles. The zero-order valence-electron chi connectivity index (χ0n) is 11.1. The number of hydrogen-bond acceptors (Lipinski definition) is 2. The lowest BCUT2D eigenvalue weighted by molar-refractivity contribution is 0.306. The van der Waals surface area contributed by atoms with E-state index in [4.69, 9.17) is 10.5 Å². The van der Waals surface area contributed by atoms with Crippen molar-refractivity contribution in [3.8, 4) is 5.75 Å². The van der Waals surface area contributed by atoms with E-state index in [0.717, 1.165) is 23.1 Å². The number of benzene rings is 1. The molecule has 0 aliphatic carbocycles. The molecule has 0 fully saturated rings. The Kier molecular flexibility index (Phi) is 5.02. The van der Waals surface area contributed by atoms with Crippen molar-refractivity contribution in [1.82, 2.24) is 0 Å². The maximum Gasteiger partial charge on any atom is 0.133 e. The van der Waals surface area contributed by atoms with Gasteiger partial charge in [-0.15, -0.1) is 0 Å². The Labute approximate surface area is 113 Å². The molecule has 0 saturated carbocycles. The second-order valence-electron chi connectivity index (χ2n) is 4.96. The van der Waals surface area contributed by atoms with Crippen molar-refractivity contribution in [1.29, 1.82) is 0 Å². The first-order valence-electron chi connectivity index (χ1n) is 6.02. The number of methoxy groups -OCH3 is 1. The van der Waals surface area contributed by atoms with Gasteiger partial charge in [0, 0.05) is 5.54 Å². The van der Waals surface area contributed by atoms with E-state index in [1.165, 1.54) is 5.56 Å². The Morgan fingerprint density at radius 3 is 2.59 bits per heavy atom. The monoisotopic (exact) mass is 299 g/mol. The van der Waals surface area contributed by atoms with Crippen LogP contribution in [0.3, 0.4) is 0 Å². The van der Waals surface area contributed by atoms with Crippen LogP contribution >= 0.6 is 15.9 Å². The van der Waals surface area contributed by atoms with Gasteiger partial charge in [-0.25, -0.2) is 0 Å². The first-order valence-corrected chi connectivity index (χ1v) is 6.81. The molecule has 17 heavy (non-hydrogen) atoms. The van der Waals surface area contributed by atoms with Crippen LogP contribution in [0.5, 0.6) is 5.75 Å². The number of hydrogen-bond donors (Lipinski definition) is 1. The first kappa shape index (κ1) is 14.5. The highest BCUT2D eigenvalue weighted by atomic mass is 79.9. The van der Waals surface area contributed by atoms with E-state index < -0.39 is 0 Å². The summed E-state index contributed by atoms with van der Waals surface area (Å²) in [5.41, 5.74) is 7.45. The number of ether oxygens (including phenoxy) is 1. The van der Waals surface area contributed by atoms with Crippen LogP contribution in [0.25, 0.3) is 0 Å². The highest BCUT2D eigenvalue weighted by Crippen LogP contribution is 2.28. The predicted molar refractivity (Wildman–Crippen MR) is 76.4 cm³/mol. The molecule has 1 aromatic rings. The molecule has 0 aromatic heterocycles. The minimum Gasteiger partial charge on any atom is -0.496 e. The standard InChI is InChI=1S/C14H22BrNO/c1-5-10(2)14(3,16)9-11-6-7-13(17-4)12(15)8-11/h6-8,10H,5,9,16H2,1-4H3.